The number of aromatic amines is 1. The molecule has 3 aromatic rings. The second-order valence-electron chi connectivity index (χ2n) is 7.50. The first-order valence-electron chi connectivity index (χ1n) is 9.86. The van der Waals surface area contributed by atoms with Gasteiger partial charge in [0.2, 0.25) is 11.8 Å². The molecule has 1 saturated heterocycles. The Hall–Kier alpha value is -2.93. The van der Waals surface area contributed by atoms with Crippen molar-refractivity contribution in [3.05, 3.63) is 35.6 Å². The predicted molar refractivity (Wildman–Crippen MR) is 126 cm³/mol. The van der Waals surface area contributed by atoms with E-state index in [0.717, 1.165) is 16.5 Å². The van der Waals surface area contributed by atoms with Gasteiger partial charge < -0.3 is 21.1 Å². The topological polar surface area (TPSA) is 108 Å². The van der Waals surface area contributed by atoms with Gasteiger partial charge in [0.25, 0.3) is 0 Å². The number of aliphatic hydroxyl groups is 1. The number of primary amides is 1. The van der Waals surface area contributed by atoms with Crippen LogP contribution in [-0.2, 0) is 16.0 Å². The van der Waals surface area contributed by atoms with E-state index in [4.69, 9.17) is 42.2 Å². The number of nitrogens with one attached hydrogen (secondary N) is 2. The van der Waals surface area contributed by atoms with E-state index in [9.17, 15) is 14.0 Å². The number of β-amino-alcohol motifs (C(OH)–C–C–N with tert-alkyl or cyclic N) is 1. The summed E-state index contributed by atoms with van der Waals surface area (Å²) in [6, 6.07) is 7.50. The van der Waals surface area contributed by atoms with Gasteiger partial charge in [-0.15, -0.1) is 0 Å². The summed E-state index contributed by atoms with van der Waals surface area (Å²) in [6.45, 7) is 0.429. The van der Waals surface area contributed by atoms with Gasteiger partial charge in [-0.1, -0.05) is 40.1 Å². The molecule has 5 N–H and O–H groups in total. The SMILES string of the molecule is O=C1CC(O)CN1.[B]c1c([B])c(-c2[nH]c3ccccc3c2CCC(N)=O)c([B])c([B])c1F. The molecule has 6 nitrogen and oxygen atoms in total. The molecule has 2 aromatic carbocycles. The first kappa shape index (κ1) is 23.7. The summed E-state index contributed by atoms with van der Waals surface area (Å²) in [4.78, 5) is 24.6. The quantitative estimate of drug-likeness (QED) is 0.347. The number of aryl methyl sites for hydroxylation is 1. The zero-order valence-electron chi connectivity index (χ0n) is 17.2. The van der Waals surface area contributed by atoms with Crippen molar-refractivity contribution in [2.45, 2.75) is 25.4 Å². The molecule has 0 spiro atoms. The lowest BCUT2D eigenvalue weighted by Gasteiger charge is -2.19. The summed E-state index contributed by atoms with van der Waals surface area (Å²) < 4.78 is 14.0. The number of aromatic nitrogens is 1. The third-order valence-electron chi connectivity index (χ3n) is 5.23. The maximum atomic E-state index is 14.0. The highest BCUT2D eigenvalue weighted by molar-refractivity contribution is 6.59. The van der Waals surface area contributed by atoms with Crippen molar-refractivity contribution in [2.75, 3.05) is 6.54 Å². The van der Waals surface area contributed by atoms with Gasteiger partial charge in [0.15, 0.2) is 0 Å². The molecule has 4 rings (SSSR count). The summed E-state index contributed by atoms with van der Waals surface area (Å²) >= 11 is 0. The number of amides is 2. The van der Waals surface area contributed by atoms with E-state index >= 15 is 0 Å². The van der Waals surface area contributed by atoms with Crippen LogP contribution in [-0.4, -0.2) is 65.9 Å². The average molecular weight is 423 g/mol. The van der Waals surface area contributed by atoms with E-state index < -0.39 is 17.8 Å². The molecule has 11 heteroatoms. The van der Waals surface area contributed by atoms with Gasteiger partial charge in [0.05, 0.1) is 12.5 Å². The fourth-order valence-electron chi connectivity index (χ4n) is 3.58. The number of rotatable bonds is 4. The van der Waals surface area contributed by atoms with Gasteiger partial charge in [-0.3, -0.25) is 9.59 Å². The molecular weight excluding hydrogens is 404 g/mol. The predicted octanol–water partition coefficient (Wildman–Crippen LogP) is -2.57. The molecule has 1 fully saturated rings. The summed E-state index contributed by atoms with van der Waals surface area (Å²) in [6.07, 6.45) is 0.346. The van der Waals surface area contributed by atoms with Crippen molar-refractivity contribution in [1.29, 1.82) is 0 Å². The Morgan fingerprint density at radius 3 is 2.25 bits per heavy atom. The standard InChI is InChI=1S/C17H11B4FN2O.C4H7NO2/c18-12-11(13(19)15(21)16(22)14(12)20)17-8(5-6-10(23)25)7-3-1-2-4-9(7)24-17;6-3-1-4(7)5-2-3/h1-4,24H,5-6H2,(H2,23,25);3,6H,1-2H2,(H,5,7). The highest BCUT2D eigenvalue weighted by Gasteiger charge is 2.20. The molecular formula is C21H18B4FN3O3. The van der Waals surface area contributed by atoms with Crippen molar-refractivity contribution >= 4 is 76.0 Å². The minimum Gasteiger partial charge on any atom is -0.391 e. The second kappa shape index (κ2) is 9.69. The normalized spacial score (nSPS) is 15.3. The zero-order valence-corrected chi connectivity index (χ0v) is 17.2. The minimum atomic E-state index is -0.839. The van der Waals surface area contributed by atoms with Crippen LogP contribution < -0.4 is 32.9 Å². The average Bonchev–Trinajstić information content (AvgIpc) is 3.31. The molecule has 1 aromatic heterocycles. The maximum Gasteiger partial charge on any atom is 0.222 e. The summed E-state index contributed by atoms with van der Waals surface area (Å²) in [7, 11) is 23.5. The number of carbonyl (C=O) groups is 2. The monoisotopic (exact) mass is 423 g/mol. The number of para-hydroxylation sites is 1. The minimum absolute atomic E-state index is 0.00363. The van der Waals surface area contributed by atoms with E-state index in [1.807, 2.05) is 24.3 Å². The first-order valence-corrected chi connectivity index (χ1v) is 9.86. The number of benzene rings is 2. The van der Waals surface area contributed by atoms with E-state index in [1.165, 1.54) is 0 Å². The highest BCUT2D eigenvalue weighted by Crippen LogP contribution is 2.29. The third kappa shape index (κ3) is 4.78. The molecule has 0 saturated carbocycles. The molecule has 1 aliphatic rings. The van der Waals surface area contributed by atoms with Crippen LogP contribution in [0.3, 0.4) is 0 Å². The molecule has 8 radical (unpaired) electrons. The summed E-state index contributed by atoms with van der Waals surface area (Å²) in [5.41, 5.74) is 7.23. The molecule has 0 bridgehead atoms. The van der Waals surface area contributed by atoms with Crippen LogP contribution in [0.1, 0.15) is 18.4 Å². The van der Waals surface area contributed by atoms with Crippen LogP contribution in [0.15, 0.2) is 24.3 Å². The Bertz CT molecular complexity index is 1170. The number of H-pyrrole nitrogens is 1. The number of fused-ring (bicyclic) bond motifs is 1. The number of carbonyl (C=O) groups excluding carboxylic acids is 2. The van der Waals surface area contributed by atoms with Crippen LogP contribution in [0.25, 0.3) is 22.2 Å². The van der Waals surface area contributed by atoms with Gasteiger partial charge in [0.1, 0.15) is 37.2 Å². The van der Waals surface area contributed by atoms with Crippen LogP contribution >= 0.6 is 0 Å². The number of hydrogen-bond acceptors (Lipinski definition) is 3. The van der Waals surface area contributed by atoms with E-state index in [1.54, 1.807) is 0 Å². The first-order chi connectivity index (χ1) is 15.1. The number of halogens is 1. The van der Waals surface area contributed by atoms with Gasteiger partial charge in [-0.25, -0.2) is 4.39 Å². The van der Waals surface area contributed by atoms with Crippen LogP contribution in [0.2, 0.25) is 0 Å². The number of hydrogen-bond donors (Lipinski definition) is 4. The number of nitrogens with two attached hydrogens (primary N) is 1. The van der Waals surface area contributed by atoms with Gasteiger partial charge >= 0.3 is 0 Å². The second-order valence-corrected chi connectivity index (χ2v) is 7.50. The molecule has 1 atom stereocenters. The smallest absolute Gasteiger partial charge is 0.222 e. The molecule has 32 heavy (non-hydrogen) atoms. The van der Waals surface area contributed by atoms with Gasteiger partial charge in [-0.2, -0.15) is 0 Å². The zero-order chi connectivity index (χ0) is 23.6. The number of aliphatic hydroxyl groups excluding tert-OH is 1. The van der Waals surface area contributed by atoms with Crippen LogP contribution in [0.4, 0.5) is 4.39 Å². The molecule has 154 valence electrons. The molecule has 0 aliphatic carbocycles. The summed E-state index contributed by atoms with van der Waals surface area (Å²) in [5, 5.41) is 12.0. The Labute approximate surface area is 190 Å². The van der Waals surface area contributed by atoms with E-state index in [-0.39, 0.29) is 40.6 Å². The van der Waals surface area contributed by atoms with Crippen molar-refractivity contribution < 1.29 is 19.1 Å². The van der Waals surface area contributed by atoms with Gasteiger partial charge in [-0.05, 0) is 23.6 Å². The van der Waals surface area contributed by atoms with Gasteiger partial charge in [0, 0.05) is 29.6 Å². The van der Waals surface area contributed by atoms with Crippen molar-refractivity contribution in [3.8, 4) is 11.3 Å². The van der Waals surface area contributed by atoms with Crippen molar-refractivity contribution in [3.63, 3.8) is 0 Å². The highest BCUT2D eigenvalue weighted by atomic mass is 19.1. The lowest BCUT2D eigenvalue weighted by Crippen LogP contribution is -2.46. The lowest BCUT2D eigenvalue weighted by atomic mass is 9.66. The Balaban J connectivity index is 0.000000352. The molecule has 1 unspecified atom stereocenters. The van der Waals surface area contributed by atoms with Crippen molar-refractivity contribution in [2.24, 2.45) is 5.73 Å². The molecule has 2 amide bonds. The Morgan fingerprint density at radius 2 is 1.75 bits per heavy atom. The Morgan fingerprint density at radius 1 is 1.12 bits per heavy atom. The fourth-order valence-corrected chi connectivity index (χ4v) is 3.58. The molecule has 2 heterocycles. The van der Waals surface area contributed by atoms with Crippen LogP contribution in [0, 0.1) is 5.82 Å². The van der Waals surface area contributed by atoms with Crippen LogP contribution in [0.5, 0.6) is 0 Å². The lowest BCUT2D eigenvalue weighted by molar-refractivity contribution is -0.119. The maximum absolute atomic E-state index is 14.0. The molecule has 1 aliphatic heterocycles. The Kier molecular flexibility index (Phi) is 7.19. The third-order valence-corrected chi connectivity index (χ3v) is 5.23. The van der Waals surface area contributed by atoms with E-state index in [2.05, 4.69) is 10.3 Å². The fraction of sp³-hybridized carbons (Fsp3) is 0.238. The largest absolute Gasteiger partial charge is 0.391 e. The van der Waals surface area contributed by atoms with Crippen molar-refractivity contribution in [1.82, 2.24) is 10.3 Å². The van der Waals surface area contributed by atoms with E-state index in [0.29, 0.717) is 24.2 Å². The summed E-state index contributed by atoms with van der Waals surface area (Å²) in [5.74, 6) is -1.32.